The normalized spacial score (nSPS) is 12.8. The third kappa shape index (κ3) is 3.31. The number of nitrogens with zero attached hydrogens (tertiary/aromatic N) is 3. The minimum Gasteiger partial charge on any atom is -0.489 e. The number of hydrogen-bond acceptors (Lipinski definition) is 7. The molecule has 1 N–H and O–H groups in total. The second-order valence-electron chi connectivity index (χ2n) is 5.44. The lowest BCUT2D eigenvalue weighted by molar-refractivity contribution is 0.313. The molecule has 0 aliphatic carbocycles. The number of halogens is 1. The molecule has 0 unspecified atom stereocenters. The van der Waals surface area contributed by atoms with Crippen molar-refractivity contribution in [3.05, 3.63) is 59.4 Å². The first kappa shape index (κ1) is 16.7. The number of nitrogens with one attached hydrogen (secondary N) is 1. The number of anilines is 3. The van der Waals surface area contributed by atoms with Crippen molar-refractivity contribution in [2.24, 2.45) is 0 Å². The van der Waals surface area contributed by atoms with Crippen LogP contribution in [0.5, 0.6) is 5.75 Å². The van der Waals surface area contributed by atoms with Crippen molar-refractivity contribution in [3.63, 3.8) is 0 Å². The smallest absolute Gasteiger partial charge is 0.192 e. The standard InChI is InChI=1S/C18H13FN4OS2/c19-13-2-1-12(11-20)16(9-13)23-6-7-24-17-10-14(3-4-15(17)23)26-22-18-21-5-8-25-18/h1-5,8-10H,6-7H2,(H,21,22). The van der Waals surface area contributed by atoms with Gasteiger partial charge in [-0.1, -0.05) is 0 Å². The number of aromatic nitrogens is 1. The lowest BCUT2D eigenvalue weighted by atomic mass is 10.1. The summed E-state index contributed by atoms with van der Waals surface area (Å²) in [4.78, 5) is 7.07. The summed E-state index contributed by atoms with van der Waals surface area (Å²) >= 11 is 2.97. The number of fused-ring (bicyclic) bond motifs is 1. The van der Waals surface area contributed by atoms with Crippen molar-refractivity contribution < 1.29 is 9.13 Å². The van der Waals surface area contributed by atoms with Crippen LogP contribution >= 0.6 is 23.3 Å². The third-order valence-corrected chi connectivity index (χ3v) is 5.46. The van der Waals surface area contributed by atoms with E-state index in [0.29, 0.717) is 30.2 Å². The maximum atomic E-state index is 13.7. The first-order valence-electron chi connectivity index (χ1n) is 7.81. The molecule has 5 nitrogen and oxygen atoms in total. The van der Waals surface area contributed by atoms with E-state index < -0.39 is 0 Å². The molecular weight excluding hydrogens is 371 g/mol. The fourth-order valence-electron chi connectivity index (χ4n) is 2.71. The molecule has 0 amide bonds. The van der Waals surface area contributed by atoms with Crippen LogP contribution in [0.25, 0.3) is 0 Å². The number of nitriles is 1. The van der Waals surface area contributed by atoms with E-state index in [1.807, 2.05) is 28.5 Å². The van der Waals surface area contributed by atoms with Gasteiger partial charge in [-0.05, 0) is 48.3 Å². The summed E-state index contributed by atoms with van der Waals surface area (Å²) in [6.45, 7) is 1.01. The zero-order valence-corrected chi connectivity index (χ0v) is 15.1. The van der Waals surface area contributed by atoms with Crippen LogP contribution in [0, 0.1) is 17.1 Å². The van der Waals surface area contributed by atoms with Crippen LogP contribution in [0.15, 0.2) is 52.9 Å². The Bertz CT molecular complexity index is 972. The molecule has 1 aliphatic rings. The third-order valence-electron chi connectivity index (χ3n) is 3.85. The monoisotopic (exact) mass is 384 g/mol. The van der Waals surface area contributed by atoms with Crippen LogP contribution in [0.3, 0.4) is 0 Å². The van der Waals surface area contributed by atoms with Crippen molar-refractivity contribution in [1.82, 2.24) is 4.98 Å². The molecule has 0 atom stereocenters. The summed E-state index contributed by atoms with van der Waals surface area (Å²) in [5.41, 5.74) is 1.80. The van der Waals surface area contributed by atoms with Crippen molar-refractivity contribution in [3.8, 4) is 11.8 Å². The van der Waals surface area contributed by atoms with E-state index in [0.717, 1.165) is 15.7 Å². The summed E-state index contributed by atoms with van der Waals surface area (Å²) in [5.74, 6) is 0.335. The van der Waals surface area contributed by atoms with E-state index in [1.54, 1.807) is 6.20 Å². The Balaban J connectivity index is 1.63. The van der Waals surface area contributed by atoms with E-state index in [-0.39, 0.29) is 5.82 Å². The highest BCUT2D eigenvalue weighted by Crippen LogP contribution is 2.40. The first-order valence-corrected chi connectivity index (χ1v) is 9.50. The topological polar surface area (TPSA) is 61.2 Å². The molecule has 4 rings (SSSR count). The summed E-state index contributed by atoms with van der Waals surface area (Å²) < 4.78 is 22.7. The van der Waals surface area contributed by atoms with Crippen LogP contribution < -0.4 is 14.4 Å². The van der Waals surface area contributed by atoms with E-state index in [9.17, 15) is 9.65 Å². The summed E-state index contributed by atoms with van der Waals surface area (Å²) in [6, 6.07) is 12.1. The Morgan fingerprint density at radius 1 is 1.27 bits per heavy atom. The van der Waals surface area contributed by atoms with Gasteiger partial charge < -0.3 is 14.4 Å². The van der Waals surface area contributed by atoms with E-state index in [4.69, 9.17) is 4.74 Å². The quantitative estimate of drug-likeness (QED) is 0.652. The van der Waals surface area contributed by atoms with Crippen molar-refractivity contribution in [1.29, 1.82) is 5.26 Å². The highest BCUT2D eigenvalue weighted by atomic mass is 32.2. The van der Waals surface area contributed by atoms with Crippen LogP contribution in [-0.2, 0) is 0 Å². The zero-order chi connectivity index (χ0) is 17.9. The molecule has 0 bridgehead atoms. The highest BCUT2D eigenvalue weighted by molar-refractivity contribution is 8.00. The molecule has 0 radical (unpaired) electrons. The highest BCUT2D eigenvalue weighted by Gasteiger charge is 2.22. The van der Waals surface area contributed by atoms with Crippen molar-refractivity contribution >= 4 is 39.8 Å². The molecule has 0 fully saturated rings. The molecule has 0 saturated heterocycles. The number of benzene rings is 2. The predicted octanol–water partition coefficient (Wildman–Crippen LogP) is 4.80. The molecule has 0 saturated carbocycles. The zero-order valence-electron chi connectivity index (χ0n) is 13.5. The molecule has 1 aromatic heterocycles. The summed E-state index contributed by atoms with van der Waals surface area (Å²) in [7, 11) is 0. The Labute approximate surface area is 158 Å². The second-order valence-corrected chi connectivity index (χ2v) is 7.22. The molecular formula is C18H13FN4OS2. The van der Waals surface area contributed by atoms with E-state index in [1.165, 1.54) is 41.5 Å². The molecule has 1 aliphatic heterocycles. The summed E-state index contributed by atoms with van der Waals surface area (Å²) in [5, 5.41) is 12.1. The number of thiazole rings is 1. The van der Waals surface area contributed by atoms with Gasteiger partial charge in [0.2, 0.25) is 0 Å². The minimum absolute atomic E-state index is 0.369. The lowest BCUT2D eigenvalue weighted by Gasteiger charge is -2.32. The molecule has 26 heavy (non-hydrogen) atoms. The van der Waals surface area contributed by atoms with Gasteiger partial charge in [-0.3, -0.25) is 0 Å². The van der Waals surface area contributed by atoms with Crippen LogP contribution in [0.2, 0.25) is 0 Å². The van der Waals surface area contributed by atoms with Gasteiger partial charge in [0.05, 0.1) is 23.5 Å². The van der Waals surface area contributed by atoms with E-state index >= 15 is 0 Å². The molecule has 0 spiro atoms. The maximum Gasteiger partial charge on any atom is 0.192 e. The van der Waals surface area contributed by atoms with Crippen LogP contribution in [-0.4, -0.2) is 18.1 Å². The molecule has 2 aromatic carbocycles. The van der Waals surface area contributed by atoms with Gasteiger partial charge in [-0.25, -0.2) is 9.37 Å². The number of rotatable bonds is 4. The van der Waals surface area contributed by atoms with Gasteiger partial charge in [0, 0.05) is 16.5 Å². The largest absolute Gasteiger partial charge is 0.489 e. The number of hydrogen-bond donors (Lipinski definition) is 1. The fourth-order valence-corrected chi connectivity index (χ4v) is 3.96. The second kappa shape index (κ2) is 7.23. The fraction of sp³-hybridized carbons (Fsp3) is 0.111. The van der Waals surface area contributed by atoms with Gasteiger partial charge in [-0.2, -0.15) is 5.26 Å². The van der Waals surface area contributed by atoms with Gasteiger partial charge in [0.15, 0.2) is 5.13 Å². The minimum atomic E-state index is -0.369. The molecule has 3 aromatic rings. The maximum absolute atomic E-state index is 13.7. The van der Waals surface area contributed by atoms with Crippen LogP contribution in [0.4, 0.5) is 20.9 Å². The SMILES string of the molecule is N#Cc1ccc(F)cc1N1CCOc2cc(SNc3nccs3)ccc21. The first-order chi connectivity index (χ1) is 12.7. The Morgan fingerprint density at radius 3 is 3.00 bits per heavy atom. The van der Waals surface area contributed by atoms with Gasteiger partial charge >= 0.3 is 0 Å². The van der Waals surface area contributed by atoms with Gasteiger partial charge in [0.1, 0.15) is 24.2 Å². The average Bonchev–Trinajstić information content (AvgIpc) is 3.19. The Hall–Kier alpha value is -2.76. The average molecular weight is 384 g/mol. The van der Waals surface area contributed by atoms with Gasteiger partial charge in [0.25, 0.3) is 0 Å². The predicted molar refractivity (Wildman–Crippen MR) is 102 cm³/mol. The van der Waals surface area contributed by atoms with Crippen molar-refractivity contribution in [2.45, 2.75) is 4.90 Å². The van der Waals surface area contributed by atoms with Crippen LogP contribution in [0.1, 0.15) is 5.56 Å². The van der Waals surface area contributed by atoms with E-state index in [2.05, 4.69) is 15.8 Å². The van der Waals surface area contributed by atoms with Gasteiger partial charge in [-0.15, -0.1) is 11.3 Å². The molecule has 8 heteroatoms. The van der Waals surface area contributed by atoms with Crippen molar-refractivity contribution in [2.75, 3.05) is 22.8 Å². The summed E-state index contributed by atoms with van der Waals surface area (Å²) in [6.07, 6.45) is 1.74. The Kier molecular flexibility index (Phi) is 4.65. The molecule has 130 valence electrons. The number of ether oxygens (including phenoxy) is 1. The lowest BCUT2D eigenvalue weighted by Crippen LogP contribution is -2.29. The Morgan fingerprint density at radius 2 is 2.19 bits per heavy atom. The molecule has 2 heterocycles.